The van der Waals surface area contributed by atoms with Gasteiger partial charge in [0.2, 0.25) is 0 Å². The van der Waals surface area contributed by atoms with Crippen LogP contribution in [-0.4, -0.2) is 78.1 Å². The second-order valence-electron chi connectivity index (χ2n) is 6.34. The first-order valence-corrected chi connectivity index (χ1v) is 12.5. The Bertz CT molecular complexity index is 1120. The van der Waals surface area contributed by atoms with Crippen LogP contribution in [0, 0.1) is 0 Å². The molecular formula is C16H15N7O5S4. The van der Waals surface area contributed by atoms with Gasteiger partial charge in [0.15, 0.2) is 10.8 Å². The third-order valence-electron chi connectivity index (χ3n) is 4.43. The molecule has 1 saturated heterocycles. The van der Waals surface area contributed by atoms with Gasteiger partial charge in [0.25, 0.3) is 11.8 Å². The van der Waals surface area contributed by atoms with Crippen molar-refractivity contribution in [3.63, 3.8) is 0 Å². The van der Waals surface area contributed by atoms with Crippen LogP contribution in [0.15, 0.2) is 32.2 Å². The summed E-state index contributed by atoms with van der Waals surface area (Å²) in [6.45, 7) is 0. The normalized spacial score (nSPS) is 20.6. The molecule has 32 heavy (non-hydrogen) atoms. The number of fused-ring (bicyclic) bond motifs is 1. The average molecular weight is 514 g/mol. The number of aliphatic carboxylic acids is 1. The zero-order chi connectivity index (χ0) is 22.8. The number of thiazole rings is 1. The molecule has 2 aromatic rings. The maximum absolute atomic E-state index is 12.8. The molecule has 2 aliphatic rings. The lowest BCUT2D eigenvalue weighted by Crippen LogP contribution is -2.71. The molecule has 2 aliphatic heterocycles. The SMILES string of the molecule is CO/N=C(\C(=O)NC1C(=O)N2C(C(=O)O)=C(CSc3cnns3)CS[C@H]12)c1csc(N)n1. The molecule has 2 aromatic heterocycles. The number of thioether (sulfide) groups is 2. The molecule has 1 fully saturated rings. The minimum atomic E-state index is -1.19. The number of amides is 2. The summed E-state index contributed by atoms with van der Waals surface area (Å²) < 4.78 is 4.63. The Labute approximate surface area is 197 Å². The van der Waals surface area contributed by atoms with E-state index >= 15 is 0 Å². The number of carbonyl (C=O) groups is 3. The van der Waals surface area contributed by atoms with E-state index in [-0.39, 0.29) is 22.2 Å². The van der Waals surface area contributed by atoms with E-state index in [0.717, 1.165) is 15.5 Å². The van der Waals surface area contributed by atoms with E-state index in [1.54, 1.807) is 11.6 Å². The van der Waals surface area contributed by atoms with Gasteiger partial charge in [-0.15, -0.1) is 40.0 Å². The predicted octanol–water partition coefficient (Wildman–Crippen LogP) is 0.458. The first kappa shape index (κ1) is 22.5. The van der Waals surface area contributed by atoms with Gasteiger partial charge in [-0.1, -0.05) is 9.64 Å². The van der Waals surface area contributed by atoms with Crippen LogP contribution in [0.4, 0.5) is 5.13 Å². The molecule has 0 saturated carbocycles. The fourth-order valence-corrected chi connectivity index (χ4v) is 6.53. The second-order valence-corrected chi connectivity index (χ2v) is 10.4. The van der Waals surface area contributed by atoms with Crippen molar-refractivity contribution in [3.8, 4) is 0 Å². The highest BCUT2D eigenvalue weighted by molar-refractivity contribution is 8.01. The number of anilines is 1. The molecule has 4 N–H and O–H groups in total. The number of β-lactam (4-membered cyclic amide) rings is 1. The molecule has 2 amide bonds. The Kier molecular flexibility index (Phi) is 6.63. The van der Waals surface area contributed by atoms with Gasteiger partial charge in [-0.25, -0.2) is 9.78 Å². The number of nitrogen functional groups attached to an aromatic ring is 1. The lowest BCUT2D eigenvalue weighted by Gasteiger charge is -2.49. The van der Waals surface area contributed by atoms with Crippen LogP contribution in [-0.2, 0) is 19.2 Å². The highest BCUT2D eigenvalue weighted by Gasteiger charge is 2.54. The van der Waals surface area contributed by atoms with Crippen molar-refractivity contribution in [2.24, 2.45) is 5.16 Å². The number of hydrogen-bond acceptors (Lipinski definition) is 13. The lowest BCUT2D eigenvalue weighted by atomic mass is 10.0. The molecule has 0 aromatic carbocycles. The summed E-state index contributed by atoms with van der Waals surface area (Å²) in [7, 11) is 1.28. The fraction of sp³-hybridized carbons (Fsp3) is 0.312. The number of rotatable bonds is 8. The lowest BCUT2D eigenvalue weighted by molar-refractivity contribution is -0.150. The fourth-order valence-electron chi connectivity index (χ4n) is 3.08. The average Bonchev–Trinajstić information content (AvgIpc) is 3.45. The zero-order valence-corrected chi connectivity index (χ0v) is 19.5. The quantitative estimate of drug-likeness (QED) is 0.194. The van der Waals surface area contributed by atoms with Crippen LogP contribution in [0.5, 0.6) is 0 Å². The highest BCUT2D eigenvalue weighted by atomic mass is 32.2. The van der Waals surface area contributed by atoms with Crippen molar-refractivity contribution in [2.45, 2.75) is 15.6 Å². The van der Waals surface area contributed by atoms with Crippen LogP contribution >= 0.6 is 46.4 Å². The summed E-state index contributed by atoms with van der Waals surface area (Å²) in [5.74, 6) is -1.57. The number of nitrogens with zero attached hydrogens (tertiary/aromatic N) is 5. The van der Waals surface area contributed by atoms with E-state index < -0.39 is 29.2 Å². The minimum absolute atomic E-state index is 0.0488. The molecule has 2 atom stereocenters. The van der Waals surface area contributed by atoms with Crippen LogP contribution in [0.25, 0.3) is 0 Å². The molecule has 16 heteroatoms. The maximum atomic E-state index is 12.8. The van der Waals surface area contributed by atoms with Gasteiger partial charge in [-0.3, -0.25) is 14.5 Å². The number of oxime groups is 1. The Morgan fingerprint density at radius 2 is 2.31 bits per heavy atom. The first-order chi connectivity index (χ1) is 15.4. The Morgan fingerprint density at radius 3 is 2.94 bits per heavy atom. The molecule has 4 heterocycles. The summed E-state index contributed by atoms with van der Waals surface area (Å²) in [6, 6.07) is -0.903. The molecule has 0 aliphatic carbocycles. The van der Waals surface area contributed by atoms with Crippen LogP contribution in [0.1, 0.15) is 5.69 Å². The second kappa shape index (κ2) is 9.43. The van der Waals surface area contributed by atoms with Gasteiger partial charge in [-0.05, 0) is 17.1 Å². The predicted molar refractivity (Wildman–Crippen MR) is 120 cm³/mol. The zero-order valence-electron chi connectivity index (χ0n) is 16.3. The number of carboxylic acids is 1. The van der Waals surface area contributed by atoms with Crippen molar-refractivity contribution in [3.05, 3.63) is 28.5 Å². The van der Waals surface area contributed by atoms with E-state index in [1.807, 2.05) is 0 Å². The Hall–Kier alpha value is -2.69. The van der Waals surface area contributed by atoms with E-state index in [4.69, 9.17) is 10.6 Å². The molecular weight excluding hydrogens is 498 g/mol. The summed E-state index contributed by atoms with van der Waals surface area (Å²) in [5, 5.41) is 21.1. The molecule has 0 bridgehead atoms. The number of carbonyl (C=O) groups excluding carboxylic acids is 2. The van der Waals surface area contributed by atoms with Crippen LogP contribution < -0.4 is 11.1 Å². The van der Waals surface area contributed by atoms with E-state index in [1.165, 1.54) is 47.1 Å². The van der Waals surface area contributed by atoms with Gasteiger partial charge >= 0.3 is 5.97 Å². The monoisotopic (exact) mass is 513 g/mol. The standard InChI is InChI=1S/C16H15N7O5S4/c1-28-21-9(7-5-31-16(17)19-7)12(24)20-10-13(25)23-11(15(26)27)6(4-30-14(10)23)3-29-8-2-18-22-32-8/h2,5,10,14H,3-4H2,1H3,(H2,17,19)(H,20,24)(H,26,27)/b21-9-/t10?,14-/m1/s1. The Morgan fingerprint density at radius 1 is 1.50 bits per heavy atom. The first-order valence-electron chi connectivity index (χ1n) is 8.84. The largest absolute Gasteiger partial charge is 0.477 e. The van der Waals surface area contributed by atoms with E-state index in [9.17, 15) is 19.5 Å². The van der Waals surface area contributed by atoms with Crippen LogP contribution in [0.3, 0.4) is 0 Å². The van der Waals surface area contributed by atoms with Crippen LogP contribution in [0.2, 0.25) is 0 Å². The van der Waals surface area contributed by atoms with Gasteiger partial charge in [0.05, 0.1) is 6.20 Å². The summed E-state index contributed by atoms with van der Waals surface area (Å²) in [5.41, 5.74) is 6.28. The number of carboxylic acid groups (broad SMARTS) is 1. The number of hydrogen-bond donors (Lipinski definition) is 3. The topological polar surface area (TPSA) is 173 Å². The molecule has 1 unspecified atom stereocenters. The summed E-state index contributed by atoms with van der Waals surface area (Å²) >= 11 is 5.14. The van der Waals surface area contributed by atoms with Gasteiger partial charge in [0.1, 0.15) is 34.1 Å². The van der Waals surface area contributed by atoms with Gasteiger partial charge in [0, 0.05) is 16.9 Å². The van der Waals surface area contributed by atoms with Crippen molar-refractivity contribution in [2.75, 3.05) is 24.3 Å². The van der Waals surface area contributed by atoms with Crippen molar-refractivity contribution < 1.29 is 24.3 Å². The molecule has 12 nitrogen and oxygen atoms in total. The van der Waals surface area contributed by atoms with Crippen molar-refractivity contribution >= 4 is 75.0 Å². The third kappa shape index (κ3) is 4.30. The molecule has 0 radical (unpaired) electrons. The van der Waals surface area contributed by atoms with Crippen molar-refractivity contribution in [1.29, 1.82) is 0 Å². The Balaban J connectivity index is 1.49. The number of nitrogens with two attached hydrogens (primary N) is 1. The smallest absolute Gasteiger partial charge is 0.352 e. The summed E-state index contributed by atoms with van der Waals surface area (Å²) in [4.78, 5) is 47.5. The van der Waals surface area contributed by atoms with E-state index in [0.29, 0.717) is 17.1 Å². The minimum Gasteiger partial charge on any atom is -0.477 e. The number of nitrogens with one attached hydrogen (secondary N) is 1. The third-order valence-corrected chi connectivity index (χ3v) is 8.36. The summed E-state index contributed by atoms with van der Waals surface area (Å²) in [6.07, 6.45) is 1.60. The number of aromatic nitrogens is 3. The molecule has 0 spiro atoms. The highest BCUT2D eigenvalue weighted by Crippen LogP contribution is 2.41. The molecule has 168 valence electrons. The maximum Gasteiger partial charge on any atom is 0.352 e. The molecule has 4 rings (SSSR count). The van der Waals surface area contributed by atoms with Gasteiger partial charge in [-0.2, -0.15) is 0 Å². The van der Waals surface area contributed by atoms with Crippen molar-refractivity contribution in [1.82, 2.24) is 24.8 Å². The van der Waals surface area contributed by atoms with Gasteiger partial charge < -0.3 is 21.0 Å². The van der Waals surface area contributed by atoms with E-state index in [2.05, 4.69) is 25.0 Å².